The Bertz CT molecular complexity index is 688. The fourth-order valence-electron chi connectivity index (χ4n) is 1.95. The third-order valence-electron chi connectivity index (χ3n) is 3.04. The van der Waals surface area contributed by atoms with Crippen molar-refractivity contribution in [1.82, 2.24) is 15.2 Å². The highest BCUT2D eigenvalue weighted by Gasteiger charge is 2.18. The lowest BCUT2D eigenvalue weighted by Crippen LogP contribution is -2.23. The van der Waals surface area contributed by atoms with Crippen LogP contribution in [0, 0.1) is 6.92 Å². The molecule has 2 aromatic rings. The number of thioether (sulfide) groups is 1. The normalized spacial score (nSPS) is 14.5. The number of carbonyl (C=O) groups is 1. The van der Waals surface area contributed by atoms with Crippen molar-refractivity contribution in [2.75, 3.05) is 18.5 Å². The number of ether oxygens (including phenoxy) is 2. The summed E-state index contributed by atoms with van der Waals surface area (Å²) in [5, 5.41) is 9.87. The first-order chi connectivity index (χ1) is 10.6. The maximum Gasteiger partial charge on any atom is 0.237 e. The second kappa shape index (κ2) is 6.27. The molecule has 0 bridgehead atoms. The lowest BCUT2D eigenvalue weighted by molar-refractivity contribution is -0.115. The van der Waals surface area contributed by atoms with Crippen molar-refractivity contribution in [3.63, 3.8) is 0 Å². The Morgan fingerprint density at radius 1 is 1.36 bits per heavy atom. The fourth-order valence-corrected chi connectivity index (χ4v) is 2.72. The number of aryl methyl sites for hydroxylation is 1. The highest BCUT2D eigenvalue weighted by atomic mass is 32.2. The van der Waals surface area contributed by atoms with Crippen LogP contribution in [0.15, 0.2) is 23.4 Å². The molecule has 1 atom stereocenters. The van der Waals surface area contributed by atoms with E-state index in [1.54, 1.807) is 18.2 Å². The van der Waals surface area contributed by atoms with E-state index in [4.69, 9.17) is 9.47 Å². The van der Waals surface area contributed by atoms with E-state index in [0.29, 0.717) is 35.6 Å². The number of nitrogens with zero attached hydrogens (tertiary/aromatic N) is 2. The molecule has 3 rings (SSSR count). The molecular formula is C14H16N4O3S. The van der Waals surface area contributed by atoms with Gasteiger partial charge in [-0.3, -0.25) is 9.89 Å². The van der Waals surface area contributed by atoms with Gasteiger partial charge < -0.3 is 14.8 Å². The van der Waals surface area contributed by atoms with E-state index < -0.39 is 0 Å². The van der Waals surface area contributed by atoms with Crippen LogP contribution in [0.5, 0.6) is 11.5 Å². The quantitative estimate of drug-likeness (QED) is 0.838. The molecule has 1 amide bonds. The minimum absolute atomic E-state index is 0.121. The minimum atomic E-state index is -0.316. The number of aromatic amines is 1. The van der Waals surface area contributed by atoms with Crippen molar-refractivity contribution in [2.24, 2.45) is 0 Å². The monoisotopic (exact) mass is 320 g/mol. The molecule has 2 N–H and O–H groups in total. The van der Waals surface area contributed by atoms with Crippen LogP contribution in [0.25, 0.3) is 0 Å². The van der Waals surface area contributed by atoms with Gasteiger partial charge in [0.15, 0.2) is 11.5 Å². The first kappa shape index (κ1) is 14.7. The predicted octanol–water partition coefficient (Wildman–Crippen LogP) is 2.00. The van der Waals surface area contributed by atoms with Gasteiger partial charge in [0.2, 0.25) is 11.1 Å². The zero-order valence-electron chi connectivity index (χ0n) is 12.3. The third kappa shape index (κ3) is 3.33. The van der Waals surface area contributed by atoms with Gasteiger partial charge in [0.05, 0.1) is 5.25 Å². The highest BCUT2D eigenvalue weighted by Crippen LogP contribution is 2.32. The number of amides is 1. The fraction of sp³-hybridized carbons (Fsp3) is 0.357. The molecular weight excluding hydrogens is 304 g/mol. The summed E-state index contributed by atoms with van der Waals surface area (Å²) in [5.41, 5.74) is 0.674. The average Bonchev–Trinajstić information content (AvgIpc) is 2.92. The van der Waals surface area contributed by atoms with Crippen LogP contribution in [0.3, 0.4) is 0 Å². The molecule has 2 heterocycles. The van der Waals surface area contributed by atoms with E-state index in [0.717, 1.165) is 5.82 Å². The molecule has 0 fully saturated rings. The zero-order valence-corrected chi connectivity index (χ0v) is 13.1. The molecule has 7 nitrogen and oxygen atoms in total. The summed E-state index contributed by atoms with van der Waals surface area (Å²) >= 11 is 1.30. The van der Waals surface area contributed by atoms with Gasteiger partial charge in [-0.05, 0) is 26.0 Å². The molecule has 1 aromatic carbocycles. The first-order valence-corrected chi connectivity index (χ1v) is 7.76. The summed E-state index contributed by atoms with van der Waals surface area (Å²) in [4.78, 5) is 16.4. The highest BCUT2D eigenvalue weighted by molar-refractivity contribution is 8.00. The number of fused-ring (bicyclic) bond motifs is 1. The van der Waals surface area contributed by atoms with Gasteiger partial charge in [0.1, 0.15) is 19.0 Å². The molecule has 0 aliphatic carbocycles. The third-order valence-corrected chi connectivity index (χ3v) is 4.00. The molecule has 0 radical (unpaired) electrons. The Hall–Kier alpha value is -2.22. The molecule has 1 aromatic heterocycles. The van der Waals surface area contributed by atoms with Crippen LogP contribution in [0.4, 0.5) is 5.69 Å². The summed E-state index contributed by atoms with van der Waals surface area (Å²) in [6.07, 6.45) is 0. The largest absolute Gasteiger partial charge is 0.486 e. The Morgan fingerprint density at radius 2 is 2.14 bits per heavy atom. The van der Waals surface area contributed by atoms with Gasteiger partial charge in [-0.25, -0.2) is 4.98 Å². The zero-order chi connectivity index (χ0) is 15.5. The van der Waals surface area contributed by atoms with E-state index in [9.17, 15) is 4.79 Å². The number of rotatable bonds is 4. The standard InChI is InChI=1S/C14H16N4O3S/c1-8(22-14-15-9(2)17-18-14)13(19)16-10-3-4-11-12(7-10)21-6-5-20-11/h3-4,7-8H,5-6H2,1-2H3,(H,16,19)(H,15,17,18)/t8-/m0/s1. The molecule has 0 unspecified atom stereocenters. The number of hydrogen-bond donors (Lipinski definition) is 2. The van der Waals surface area contributed by atoms with Gasteiger partial charge in [0, 0.05) is 11.8 Å². The first-order valence-electron chi connectivity index (χ1n) is 6.88. The van der Waals surface area contributed by atoms with Crippen LogP contribution in [-0.2, 0) is 4.79 Å². The van der Waals surface area contributed by atoms with Gasteiger partial charge >= 0.3 is 0 Å². The van der Waals surface area contributed by atoms with E-state index >= 15 is 0 Å². The molecule has 8 heteroatoms. The number of nitrogens with one attached hydrogen (secondary N) is 2. The summed E-state index contributed by atoms with van der Waals surface area (Å²) in [5.74, 6) is 1.95. The molecule has 0 saturated heterocycles. The molecule has 22 heavy (non-hydrogen) atoms. The Kier molecular flexibility index (Phi) is 4.19. The SMILES string of the molecule is Cc1nc(S[C@@H](C)C(=O)Nc2ccc3c(c2)OCCO3)n[nH]1. The number of hydrogen-bond acceptors (Lipinski definition) is 6. The lowest BCUT2D eigenvalue weighted by atomic mass is 10.2. The molecule has 1 aliphatic heterocycles. The van der Waals surface area contributed by atoms with E-state index in [1.807, 2.05) is 13.8 Å². The van der Waals surface area contributed by atoms with Crippen LogP contribution < -0.4 is 14.8 Å². The maximum atomic E-state index is 12.2. The minimum Gasteiger partial charge on any atom is -0.486 e. The Morgan fingerprint density at radius 3 is 2.86 bits per heavy atom. The van der Waals surface area contributed by atoms with E-state index in [1.165, 1.54) is 11.8 Å². The molecule has 116 valence electrons. The summed E-state index contributed by atoms with van der Waals surface area (Å²) < 4.78 is 10.9. The summed E-state index contributed by atoms with van der Waals surface area (Å²) in [6, 6.07) is 5.35. The molecule has 0 saturated carbocycles. The van der Waals surface area contributed by atoms with Gasteiger partial charge in [0.25, 0.3) is 0 Å². The maximum absolute atomic E-state index is 12.2. The van der Waals surface area contributed by atoms with Crippen molar-refractivity contribution in [1.29, 1.82) is 0 Å². The van der Waals surface area contributed by atoms with Crippen LogP contribution in [-0.4, -0.2) is 39.6 Å². The van der Waals surface area contributed by atoms with Gasteiger partial charge in [-0.15, -0.1) is 5.10 Å². The van der Waals surface area contributed by atoms with Crippen LogP contribution >= 0.6 is 11.8 Å². The topological polar surface area (TPSA) is 89.1 Å². The van der Waals surface area contributed by atoms with Crippen molar-refractivity contribution < 1.29 is 14.3 Å². The second-order valence-electron chi connectivity index (χ2n) is 4.81. The van der Waals surface area contributed by atoms with Crippen molar-refractivity contribution in [3.05, 3.63) is 24.0 Å². The van der Waals surface area contributed by atoms with Crippen LogP contribution in [0.2, 0.25) is 0 Å². The summed E-state index contributed by atoms with van der Waals surface area (Å²) in [7, 11) is 0. The Labute approximate surface area is 131 Å². The van der Waals surface area contributed by atoms with Crippen molar-refractivity contribution in [3.8, 4) is 11.5 Å². The van der Waals surface area contributed by atoms with E-state index in [-0.39, 0.29) is 11.2 Å². The number of aromatic nitrogens is 3. The molecule has 0 spiro atoms. The van der Waals surface area contributed by atoms with E-state index in [2.05, 4.69) is 20.5 Å². The number of benzene rings is 1. The lowest BCUT2D eigenvalue weighted by Gasteiger charge is -2.19. The average molecular weight is 320 g/mol. The van der Waals surface area contributed by atoms with Crippen LogP contribution in [0.1, 0.15) is 12.7 Å². The molecule has 1 aliphatic rings. The number of carbonyl (C=O) groups excluding carboxylic acids is 1. The van der Waals surface area contributed by atoms with Crippen molar-refractivity contribution in [2.45, 2.75) is 24.3 Å². The van der Waals surface area contributed by atoms with Gasteiger partial charge in [-0.1, -0.05) is 11.8 Å². The number of H-pyrrole nitrogens is 1. The second-order valence-corrected chi connectivity index (χ2v) is 6.12. The summed E-state index contributed by atoms with van der Waals surface area (Å²) in [6.45, 7) is 4.68. The smallest absolute Gasteiger partial charge is 0.237 e. The van der Waals surface area contributed by atoms with Crippen molar-refractivity contribution >= 4 is 23.4 Å². The van der Waals surface area contributed by atoms with Gasteiger partial charge in [-0.2, -0.15) is 0 Å². The number of anilines is 1. The predicted molar refractivity (Wildman–Crippen MR) is 82.5 cm³/mol. The Balaban J connectivity index is 1.63.